The molecule has 0 atom stereocenters. The van der Waals surface area contributed by atoms with E-state index >= 15 is 0 Å². The smallest absolute Gasteiger partial charge is 0.212 e. The van der Waals surface area contributed by atoms with E-state index in [1.54, 1.807) is 7.05 Å². The zero-order valence-corrected chi connectivity index (χ0v) is 11.1. The van der Waals surface area contributed by atoms with Gasteiger partial charge in [0.15, 0.2) is 0 Å². The first-order valence-corrected chi connectivity index (χ1v) is 5.85. The van der Waals surface area contributed by atoms with Crippen LogP contribution in [0.2, 0.25) is 5.02 Å². The Morgan fingerprint density at radius 1 is 1.53 bits per heavy atom. The van der Waals surface area contributed by atoms with E-state index in [-0.39, 0.29) is 22.1 Å². The van der Waals surface area contributed by atoms with Crippen LogP contribution in [0.4, 0.5) is 4.39 Å². The number of carbonyl (C=O) groups excluding carboxylic acids is 1. The summed E-state index contributed by atoms with van der Waals surface area (Å²) >= 11 is 8.88. The van der Waals surface area contributed by atoms with Crippen molar-refractivity contribution in [1.29, 1.82) is 0 Å². The summed E-state index contributed by atoms with van der Waals surface area (Å²) in [6.07, 6.45) is 1.38. The molecule has 88 valence electrons. The highest BCUT2D eigenvalue weighted by molar-refractivity contribution is 9.10. The third-order valence-corrected chi connectivity index (χ3v) is 3.21. The molecule has 0 N–H and O–H groups in total. The molecule has 0 unspecified atom stereocenters. The van der Waals surface area contributed by atoms with Crippen molar-refractivity contribution in [1.82, 2.24) is 9.78 Å². The Balaban J connectivity index is 2.48. The van der Waals surface area contributed by atoms with Gasteiger partial charge in [-0.1, -0.05) is 11.6 Å². The van der Waals surface area contributed by atoms with Crippen LogP contribution in [0.1, 0.15) is 16.1 Å². The number of ketones is 1. The van der Waals surface area contributed by atoms with Crippen LogP contribution in [-0.4, -0.2) is 15.6 Å². The van der Waals surface area contributed by atoms with Crippen molar-refractivity contribution in [2.75, 3.05) is 0 Å². The number of hydrogen-bond donors (Lipinski definition) is 0. The molecule has 0 spiro atoms. The zero-order valence-electron chi connectivity index (χ0n) is 8.75. The predicted molar refractivity (Wildman–Crippen MR) is 65.8 cm³/mol. The average Bonchev–Trinajstić information content (AvgIpc) is 2.62. The van der Waals surface area contributed by atoms with E-state index < -0.39 is 5.82 Å². The second-order valence-electron chi connectivity index (χ2n) is 3.42. The lowest BCUT2D eigenvalue weighted by Gasteiger charge is -2.03. The third-order valence-electron chi connectivity index (χ3n) is 2.29. The van der Waals surface area contributed by atoms with Crippen molar-refractivity contribution in [3.05, 3.63) is 51.0 Å². The molecule has 6 heteroatoms. The third kappa shape index (κ3) is 2.25. The summed E-state index contributed by atoms with van der Waals surface area (Å²) in [6.45, 7) is 0. The molecule has 1 aromatic carbocycles. The zero-order chi connectivity index (χ0) is 12.6. The van der Waals surface area contributed by atoms with Crippen LogP contribution in [0.3, 0.4) is 0 Å². The van der Waals surface area contributed by atoms with Gasteiger partial charge in [-0.25, -0.2) is 4.39 Å². The number of nitrogens with zero attached hydrogens (tertiary/aromatic N) is 2. The van der Waals surface area contributed by atoms with Crippen molar-refractivity contribution >= 4 is 33.3 Å². The number of benzene rings is 1. The Morgan fingerprint density at radius 2 is 2.24 bits per heavy atom. The van der Waals surface area contributed by atoms with Gasteiger partial charge < -0.3 is 0 Å². The van der Waals surface area contributed by atoms with Gasteiger partial charge in [0.2, 0.25) is 5.78 Å². The fourth-order valence-electron chi connectivity index (χ4n) is 1.44. The second kappa shape index (κ2) is 4.58. The Hall–Kier alpha value is -1.20. The highest BCUT2D eigenvalue weighted by Crippen LogP contribution is 2.21. The molecule has 0 fully saturated rings. The molecule has 0 saturated heterocycles. The molecule has 0 radical (unpaired) electrons. The van der Waals surface area contributed by atoms with Crippen molar-refractivity contribution in [3.63, 3.8) is 0 Å². The van der Waals surface area contributed by atoms with Gasteiger partial charge >= 0.3 is 0 Å². The van der Waals surface area contributed by atoms with Crippen molar-refractivity contribution < 1.29 is 9.18 Å². The molecule has 3 nitrogen and oxygen atoms in total. The van der Waals surface area contributed by atoms with Crippen LogP contribution in [-0.2, 0) is 7.05 Å². The SMILES string of the molecule is Cn1ncc(Cl)c1C(=O)c1ccc(Br)c(F)c1. The molecule has 0 aliphatic carbocycles. The average molecular weight is 318 g/mol. The fourth-order valence-corrected chi connectivity index (χ4v) is 1.94. The van der Waals surface area contributed by atoms with E-state index in [1.807, 2.05) is 0 Å². The van der Waals surface area contributed by atoms with Gasteiger partial charge in [-0.3, -0.25) is 9.48 Å². The second-order valence-corrected chi connectivity index (χ2v) is 4.68. The monoisotopic (exact) mass is 316 g/mol. The van der Waals surface area contributed by atoms with E-state index in [0.717, 1.165) is 6.07 Å². The van der Waals surface area contributed by atoms with Crippen molar-refractivity contribution in [2.45, 2.75) is 0 Å². The molecular formula is C11H7BrClFN2O. The molecule has 0 saturated carbocycles. The molecule has 0 aliphatic rings. The predicted octanol–water partition coefficient (Wildman–Crippen LogP) is 3.21. The van der Waals surface area contributed by atoms with Crippen LogP contribution >= 0.6 is 27.5 Å². The number of aromatic nitrogens is 2. The quantitative estimate of drug-likeness (QED) is 0.797. The van der Waals surface area contributed by atoms with Gasteiger partial charge in [0.1, 0.15) is 11.5 Å². The van der Waals surface area contributed by atoms with Gasteiger partial charge in [-0.05, 0) is 34.1 Å². The lowest BCUT2D eigenvalue weighted by molar-refractivity contribution is 0.103. The van der Waals surface area contributed by atoms with Gasteiger partial charge in [0.05, 0.1) is 15.7 Å². The lowest BCUT2D eigenvalue weighted by Crippen LogP contribution is -2.09. The molecule has 0 bridgehead atoms. The molecule has 1 aromatic heterocycles. The summed E-state index contributed by atoms with van der Waals surface area (Å²) in [6, 6.07) is 4.17. The molecule has 0 aliphatic heterocycles. The van der Waals surface area contributed by atoms with Gasteiger partial charge in [0.25, 0.3) is 0 Å². The van der Waals surface area contributed by atoms with Crippen molar-refractivity contribution in [3.8, 4) is 0 Å². The molecule has 0 amide bonds. The summed E-state index contributed by atoms with van der Waals surface area (Å²) < 4.78 is 15.0. The first-order valence-electron chi connectivity index (χ1n) is 4.68. The van der Waals surface area contributed by atoms with E-state index in [2.05, 4.69) is 21.0 Å². The molecule has 2 aromatic rings. The Morgan fingerprint density at radius 3 is 2.76 bits per heavy atom. The van der Waals surface area contributed by atoms with E-state index in [0.29, 0.717) is 4.47 Å². The number of aryl methyl sites for hydroxylation is 1. The summed E-state index contributed by atoms with van der Waals surface area (Å²) in [5.74, 6) is -0.851. The topological polar surface area (TPSA) is 34.9 Å². The largest absolute Gasteiger partial charge is 0.287 e. The summed E-state index contributed by atoms with van der Waals surface area (Å²) in [5.41, 5.74) is 0.476. The maximum absolute atomic E-state index is 13.3. The number of halogens is 3. The Bertz CT molecular complexity index is 578. The van der Waals surface area contributed by atoms with E-state index in [4.69, 9.17) is 11.6 Å². The minimum Gasteiger partial charge on any atom is -0.287 e. The molecular weight excluding hydrogens is 310 g/mol. The van der Waals surface area contributed by atoms with Gasteiger partial charge in [0, 0.05) is 12.6 Å². The first-order chi connectivity index (χ1) is 8.00. The normalized spacial score (nSPS) is 10.6. The lowest BCUT2D eigenvalue weighted by atomic mass is 10.1. The van der Waals surface area contributed by atoms with Crippen LogP contribution in [0.25, 0.3) is 0 Å². The van der Waals surface area contributed by atoms with Gasteiger partial charge in [-0.15, -0.1) is 0 Å². The highest BCUT2D eigenvalue weighted by atomic mass is 79.9. The van der Waals surface area contributed by atoms with Crippen LogP contribution in [0.5, 0.6) is 0 Å². The maximum atomic E-state index is 13.3. The maximum Gasteiger partial charge on any atom is 0.212 e. The Labute approximate surface area is 110 Å². The first kappa shape index (κ1) is 12.3. The van der Waals surface area contributed by atoms with Crippen LogP contribution in [0, 0.1) is 5.82 Å². The number of rotatable bonds is 2. The van der Waals surface area contributed by atoms with Gasteiger partial charge in [-0.2, -0.15) is 5.10 Å². The van der Waals surface area contributed by atoms with E-state index in [9.17, 15) is 9.18 Å². The standard InChI is InChI=1S/C11H7BrClFN2O/c1-16-10(8(13)5-15-16)11(17)6-2-3-7(12)9(14)4-6/h2-5H,1H3. The van der Waals surface area contributed by atoms with Crippen LogP contribution in [0.15, 0.2) is 28.9 Å². The highest BCUT2D eigenvalue weighted by Gasteiger charge is 2.18. The number of hydrogen-bond acceptors (Lipinski definition) is 2. The van der Waals surface area contributed by atoms with Crippen LogP contribution < -0.4 is 0 Å². The molecule has 1 heterocycles. The Kier molecular flexibility index (Phi) is 3.31. The summed E-state index contributed by atoms with van der Waals surface area (Å²) in [4.78, 5) is 12.1. The minimum absolute atomic E-state index is 0.233. The number of carbonyl (C=O) groups is 1. The molecule has 17 heavy (non-hydrogen) atoms. The minimum atomic E-state index is -0.492. The van der Waals surface area contributed by atoms with Crippen molar-refractivity contribution in [2.24, 2.45) is 7.05 Å². The fraction of sp³-hybridized carbons (Fsp3) is 0.0909. The molecule has 2 rings (SSSR count). The summed E-state index contributed by atoms with van der Waals surface area (Å²) in [7, 11) is 1.61. The van der Waals surface area contributed by atoms with E-state index in [1.165, 1.54) is 23.0 Å². The summed E-state index contributed by atoms with van der Waals surface area (Å²) in [5, 5.41) is 4.11.